The molecule has 14 heteroatoms. The van der Waals surface area contributed by atoms with E-state index in [2.05, 4.69) is 120 Å². The molecule has 0 aliphatic rings. The molecule has 67 heavy (non-hydrogen) atoms. The summed E-state index contributed by atoms with van der Waals surface area (Å²) in [5.41, 5.74) is 10.1. The van der Waals surface area contributed by atoms with E-state index in [9.17, 15) is 24.0 Å². The van der Waals surface area contributed by atoms with Crippen LogP contribution in [0.25, 0.3) is 0 Å². The number of amides is 1. The summed E-state index contributed by atoms with van der Waals surface area (Å²) >= 11 is 8.66. The first-order valence-electron chi connectivity index (χ1n) is 20.1. The highest BCUT2D eigenvalue weighted by atomic mass is 127. The summed E-state index contributed by atoms with van der Waals surface area (Å²) in [4.78, 5) is 57.9. The van der Waals surface area contributed by atoms with E-state index in [1.54, 1.807) is 18.2 Å². The molecule has 0 bridgehead atoms. The lowest BCUT2D eigenvalue weighted by Gasteiger charge is -2.06. The number of ether oxygens (including phenoxy) is 3. The van der Waals surface area contributed by atoms with Gasteiger partial charge in [0.2, 0.25) is 0 Å². The van der Waals surface area contributed by atoms with Crippen LogP contribution in [-0.4, -0.2) is 69.5 Å². The van der Waals surface area contributed by atoms with Crippen LogP contribution in [0.2, 0.25) is 19.6 Å². The van der Waals surface area contributed by atoms with Crippen LogP contribution in [-0.2, 0) is 70.3 Å². The number of aliphatic imine (C=N–C) groups is 1. The average Bonchev–Trinajstić information content (AvgIpc) is 3.31. The van der Waals surface area contributed by atoms with Gasteiger partial charge in [0.1, 0.15) is 8.07 Å². The number of esters is 3. The molecule has 1 N–H and O–H groups in total. The first-order valence-corrected chi connectivity index (χ1v) is 26.2. The number of hydrogen-bond acceptors (Lipinski definition) is 9. The molecule has 0 radical (unpaired) electrons. The summed E-state index contributed by atoms with van der Waals surface area (Å²) in [7, 11) is 2.78. The van der Waals surface area contributed by atoms with Gasteiger partial charge in [-0.3, -0.25) is 24.0 Å². The molecule has 5 aromatic carbocycles. The van der Waals surface area contributed by atoms with E-state index in [1.807, 2.05) is 108 Å². The summed E-state index contributed by atoms with van der Waals surface area (Å²) in [6.07, 6.45) is 11.7. The summed E-state index contributed by atoms with van der Waals surface area (Å²) < 4.78 is 15.9. The Labute approximate surface area is 427 Å². The lowest BCUT2D eigenvalue weighted by Crippen LogP contribution is -2.16. The lowest BCUT2D eigenvalue weighted by molar-refractivity contribution is -0.140. The number of isothiocyanates is 1. The number of carbonyl (C=O) groups is 5. The first-order chi connectivity index (χ1) is 31.9. The molecule has 0 fully saturated rings. The Morgan fingerprint density at radius 3 is 1.24 bits per heavy atom. The zero-order chi connectivity index (χ0) is 50.2. The van der Waals surface area contributed by atoms with Crippen molar-refractivity contribution in [3.63, 3.8) is 0 Å². The van der Waals surface area contributed by atoms with Gasteiger partial charge in [-0.05, 0) is 116 Å². The molecule has 0 saturated heterocycles. The summed E-state index contributed by atoms with van der Waals surface area (Å²) in [5, 5.41) is 10.5. The molecule has 0 aromatic heterocycles. The van der Waals surface area contributed by atoms with Gasteiger partial charge in [-0.2, -0.15) is 4.99 Å². The number of methoxy groups -OCH3 is 3. The third-order valence-electron chi connectivity index (χ3n) is 8.39. The zero-order valence-corrected chi connectivity index (χ0v) is 44.2. The Morgan fingerprint density at radius 2 is 0.881 bits per heavy atom. The molecule has 10 nitrogen and oxygen atoms in total. The van der Waals surface area contributed by atoms with Crippen LogP contribution in [0.3, 0.4) is 0 Å². The largest absolute Gasteiger partial charge is 0.481 e. The maximum absolute atomic E-state index is 11.3. The van der Waals surface area contributed by atoms with Crippen LogP contribution in [0.4, 0.5) is 0 Å². The highest BCUT2D eigenvalue weighted by molar-refractivity contribution is 14.1. The monoisotopic (exact) mass is 1160 g/mol. The second-order valence-electron chi connectivity index (χ2n) is 14.5. The highest BCUT2D eigenvalue weighted by Gasteiger charge is 2.10. The number of rotatable bonds is 10. The van der Waals surface area contributed by atoms with Gasteiger partial charge < -0.3 is 19.3 Å². The van der Waals surface area contributed by atoms with E-state index in [1.165, 1.54) is 21.3 Å². The van der Waals surface area contributed by atoms with Crippen molar-refractivity contribution in [1.82, 2.24) is 0 Å². The van der Waals surface area contributed by atoms with E-state index < -0.39 is 14.0 Å². The topological polar surface area (TPSA) is 146 Å². The fourth-order valence-corrected chi connectivity index (χ4v) is 6.83. The number of halogens is 2. The van der Waals surface area contributed by atoms with Crippen molar-refractivity contribution in [1.29, 1.82) is 0 Å². The molecule has 0 saturated carbocycles. The number of nitrogens with zero attached hydrogens (tertiary/aromatic N) is 1. The predicted molar refractivity (Wildman–Crippen MR) is 286 cm³/mol. The third-order valence-corrected chi connectivity index (χ3v) is 11.5. The number of thiocarbonyl (C=S) groups is 1. The van der Waals surface area contributed by atoms with Gasteiger partial charge in [0, 0.05) is 23.8 Å². The molecular formula is C53H51I2NO9SSi. The second-order valence-corrected chi connectivity index (χ2v) is 21.8. The molecule has 5 rings (SSSR count). The Balaban J connectivity index is 0.000000422. The van der Waals surface area contributed by atoms with Crippen LogP contribution in [0, 0.1) is 43.3 Å². The standard InChI is InChI=1S/C14H18O2Si.C11H7NOS.C11H10O2.C9H9IO2.C8H7IO2/c1-16-14(15)11-13-8-6-5-7-12(13)9-10-17(2,3)4;1-2-9-5-3-4-6-10(9)7-11(13)12-8-14;1-3-9-6-4-5-7-10(9)8-11(12)13-2;1-12-9(11)6-7-4-2-3-5-8(7)10;9-7-4-2-1-3-6(7)5-8(10)11/h5-8H,11H2,1-4H3;1,3-6H,7H2;1,4-7H,8H2,2H3;2-5H,6H2,1H3;1-4H,5H2,(H,10,11). The Bertz CT molecular complexity index is 2650. The molecule has 346 valence electrons. The molecule has 0 spiro atoms. The Kier molecular flexibility index (Phi) is 29.2. The van der Waals surface area contributed by atoms with E-state index in [0.717, 1.165) is 46.1 Å². The maximum Gasteiger partial charge on any atom is 0.310 e. The van der Waals surface area contributed by atoms with Crippen LogP contribution in [0.15, 0.2) is 126 Å². The molecule has 5 aromatic rings. The zero-order valence-electron chi connectivity index (χ0n) is 38.1. The van der Waals surface area contributed by atoms with Crippen LogP contribution in [0.5, 0.6) is 0 Å². The van der Waals surface area contributed by atoms with Gasteiger partial charge in [-0.25, -0.2) is 0 Å². The second kappa shape index (κ2) is 33.3. The number of terminal acetylenes is 2. The molecule has 0 heterocycles. The van der Waals surface area contributed by atoms with Crippen molar-refractivity contribution in [2.75, 3.05) is 21.3 Å². The Hall–Kier alpha value is -6.19. The number of carboxylic acid groups (broad SMARTS) is 1. The Morgan fingerprint density at radius 1 is 0.552 bits per heavy atom. The number of carbonyl (C=O) groups excluding carboxylic acids is 4. The van der Waals surface area contributed by atoms with E-state index in [0.29, 0.717) is 12.0 Å². The summed E-state index contributed by atoms with van der Waals surface area (Å²) in [5.74, 6) is 6.39. The van der Waals surface area contributed by atoms with Crippen molar-refractivity contribution in [2.45, 2.75) is 51.7 Å². The number of hydrogen-bond donors (Lipinski definition) is 1. The van der Waals surface area contributed by atoms with Crippen LogP contribution in [0.1, 0.15) is 44.5 Å². The number of benzene rings is 5. The van der Waals surface area contributed by atoms with Crippen molar-refractivity contribution in [2.24, 2.45) is 4.99 Å². The van der Waals surface area contributed by atoms with E-state index in [-0.39, 0.29) is 49.5 Å². The van der Waals surface area contributed by atoms with Crippen molar-refractivity contribution in [3.8, 4) is 36.2 Å². The van der Waals surface area contributed by atoms with Gasteiger partial charge in [-0.1, -0.05) is 128 Å². The minimum atomic E-state index is -1.39. The van der Waals surface area contributed by atoms with Gasteiger partial charge in [0.25, 0.3) is 5.91 Å². The van der Waals surface area contributed by atoms with Gasteiger partial charge in [-0.15, -0.1) is 18.4 Å². The van der Waals surface area contributed by atoms with Crippen molar-refractivity contribution >= 4 is 100 Å². The average molecular weight is 1160 g/mol. The maximum atomic E-state index is 11.3. The lowest BCUT2D eigenvalue weighted by atomic mass is 10.1. The minimum Gasteiger partial charge on any atom is -0.481 e. The molecule has 0 atom stereocenters. The van der Waals surface area contributed by atoms with Crippen molar-refractivity contribution < 1.29 is 43.3 Å². The fourth-order valence-electron chi connectivity index (χ4n) is 5.06. The predicted octanol–water partition coefficient (Wildman–Crippen LogP) is 9.78. The van der Waals surface area contributed by atoms with Gasteiger partial charge >= 0.3 is 23.9 Å². The molecule has 0 unspecified atom stereocenters. The molecule has 0 aliphatic carbocycles. The highest BCUT2D eigenvalue weighted by Crippen LogP contribution is 2.14. The summed E-state index contributed by atoms with van der Waals surface area (Å²) in [6.45, 7) is 6.59. The van der Waals surface area contributed by atoms with E-state index in [4.69, 9.17) is 18.0 Å². The fraction of sp³-hybridized carbons (Fsp3) is 0.208. The number of aliphatic carboxylic acids is 1. The van der Waals surface area contributed by atoms with Gasteiger partial charge in [0.05, 0.1) is 58.6 Å². The normalized spacial score (nSPS) is 9.40. The quantitative estimate of drug-likeness (QED) is 0.0273. The SMILES string of the molecule is C#Cc1ccccc1CC(=O)N=C=S.C#Cc1ccccc1CC(=O)OC.COC(=O)Cc1ccccc1C#C[Si](C)(C)C.COC(=O)Cc1ccccc1I.O=C(O)Cc1ccccc1I. The van der Waals surface area contributed by atoms with Crippen molar-refractivity contribution in [3.05, 3.63) is 173 Å². The first kappa shape index (κ1) is 58.8. The molecular weight excluding hydrogens is 1110 g/mol. The van der Waals surface area contributed by atoms with E-state index >= 15 is 0 Å². The summed E-state index contributed by atoms with van der Waals surface area (Å²) in [6, 6.07) is 37.5. The van der Waals surface area contributed by atoms with Crippen LogP contribution >= 0.6 is 57.4 Å². The third kappa shape index (κ3) is 25.9. The smallest absolute Gasteiger partial charge is 0.310 e. The molecule has 0 aliphatic heterocycles. The van der Waals surface area contributed by atoms with Gasteiger partial charge in [0.15, 0.2) is 0 Å². The van der Waals surface area contributed by atoms with Crippen LogP contribution < -0.4 is 0 Å². The molecule has 1 amide bonds. The number of carboxylic acids is 1. The minimum absolute atomic E-state index is 0.110.